The van der Waals surface area contributed by atoms with Gasteiger partial charge in [-0.25, -0.2) is 5.43 Å². The van der Waals surface area contributed by atoms with Crippen molar-refractivity contribution in [1.29, 1.82) is 0 Å². The summed E-state index contributed by atoms with van der Waals surface area (Å²) >= 11 is 3.42. The van der Waals surface area contributed by atoms with Gasteiger partial charge in [0.2, 0.25) is 5.91 Å². The molecule has 4 heteroatoms. The molecule has 2 aliphatic carbocycles. The lowest BCUT2D eigenvalue weighted by molar-refractivity contribution is -0.122. The van der Waals surface area contributed by atoms with Crippen molar-refractivity contribution in [3.8, 4) is 0 Å². The van der Waals surface area contributed by atoms with Crippen LogP contribution in [0.3, 0.4) is 0 Å². The Hall–Kier alpha value is -1.16. The summed E-state index contributed by atoms with van der Waals surface area (Å²) in [6, 6.07) is 7.97. The van der Waals surface area contributed by atoms with Gasteiger partial charge in [0.25, 0.3) is 0 Å². The van der Waals surface area contributed by atoms with Gasteiger partial charge in [-0.3, -0.25) is 4.79 Å². The number of hydrogen-bond acceptors (Lipinski definition) is 2. The van der Waals surface area contributed by atoms with Gasteiger partial charge in [-0.15, -0.1) is 0 Å². The molecule has 0 saturated heterocycles. The van der Waals surface area contributed by atoms with Gasteiger partial charge in [0.15, 0.2) is 0 Å². The number of amides is 1. The molecule has 1 aromatic rings. The summed E-state index contributed by atoms with van der Waals surface area (Å²) in [5.74, 6) is 1.56. The number of nitrogens with zero attached hydrogens (tertiary/aromatic N) is 1. The van der Waals surface area contributed by atoms with Gasteiger partial charge in [-0.2, -0.15) is 5.10 Å². The SMILES string of the molecule is C/C(=N/NC(=O)C1C2CCCCCCC21)c1ccc(Br)cc1. The summed E-state index contributed by atoms with van der Waals surface area (Å²) in [6.45, 7) is 1.93. The largest absolute Gasteiger partial charge is 0.273 e. The lowest BCUT2D eigenvalue weighted by Gasteiger charge is -2.04. The van der Waals surface area contributed by atoms with Gasteiger partial charge in [0, 0.05) is 10.4 Å². The first kappa shape index (κ1) is 15.7. The van der Waals surface area contributed by atoms with E-state index in [0.717, 1.165) is 15.7 Å². The Labute approximate surface area is 140 Å². The van der Waals surface area contributed by atoms with Gasteiger partial charge < -0.3 is 0 Å². The lowest BCUT2D eigenvalue weighted by Crippen LogP contribution is -2.22. The van der Waals surface area contributed by atoms with Crippen molar-refractivity contribution in [1.82, 2.24) is 5.43 Å². The van der Waals surface area contributed by atoms with E-state index < -0.39 is 0 Å². The molecule has 0 radical (unpaired) electrons. The smallest absolute Gasteiger partial charge is 0.243 e. The number of nitrogens with one attached hydrogen (secondary N) is 1. The molecule has 118 valence electrons. The van der Waals surface area contributed by atoms with Crippen molar-refractivity contribution in [2.45, 2.75) is 45.4 Å². The topological polar surface area (TPSA) is 41.5 Å². The van der Waals surface area contributed by atoms with Crippen molar-refractivity contribution < 1.29 is 4.79 Å². The number of rotatable bonds is 3. The molecule has 0 spiro atoms. The average molecular weight is 363 g/mol. The molecule has 3 nitrogen and oxygen atoms in total. The minimum atomic E-state index is 0.119. The second-order valence-corrected chi connectivity index (χ2v) is 7.44. The Balaban J connectivity index is 1.58. The molecule has 22 heavy (non-hydrogen) atoms. The summed E-state index contributed by atoms with van der Waals surface area (Å²) in [7, 11) is 0. The number of fused-ring (bicyclic) bond motifs is 1. The molecule has 1 amide bonds. The van der Waals surface area contributed by atoms with E-state index in [1.807, 2.05) is 31.2 Å². The maximum atomic E-state index is 12.4. The Bertz CT molecular complexity index is 553. The third-order valence-corrected chi connectivity index (χ3v) is 5.58. The molecule has 0 aliphatic heterocycles. The molecule has 0 bridgehead atoms. The zero-order chi connectivity index (χ0) is 15.5. The fraction of sp³-hybridized carbons (Fsp3) is 0.556. The monoisotopic (exact) mass is 362 g/mol. The van der Waals surface area contributed by atoms with Gasteiger partial charge in [-0.05, 0) is 49.3 Å². The minimum Gasteiger partial charge on any atom is -0.273 e. The van der Waals surface area contributed by atoms with E-state index >= 15 is 0 Å². The second kappa shape index (κ2) is 6.95. The standard InChI is InChI=1S/C18H23BrN2O/c1-12(13-8-10-14(19)11-9-13)20-21-18(22)17-15-6-4-2-3-5-7-16(15)17/h8-11,15-17H,2-7H2,1H3,(H,21,22)/b20-12-. The molecular formula is C18H23BrN2O. The van der Waals surface area contributed by atoms with Crippen LogP contribution in [0.5, 0.6) is 0 Å². The molecule has 0 heterocycles. The molecular weight excluding hydrogens is 340 g/mol. The molecule has 0 aromatic heterocycles. The summed E-state index contributed by atoms with van der Waals surface area (Å²) in [5.41, 5.74) is 4.67. The predicted molar refractivity (Wildman–Crippen MR) is 92.7 cm³/mol. The Morgan fingerprint density at radius 2 is 1.68 bits per heavy atom. The number of halogens is 1. The van der Waals surface area contributed by atoms with Crippen LogP contribution in [-0.2, 0) is 4.79 Å². The van der Waals surface area contributed by atoms with Gasteiger partial charge >= 0.3 is 0 Å². The van der Waals surface area contributed by atoms with Crippen LogP contribution in [0.1, 0.15) is 51.0 Å². The van der Waals surface area contributed by atoms with E-state index in [0.29, 0.717) is 11.8 Å². The third-order valence-electron chi connectivity index (χ3n) is 5.06. The molecule has 1 aromatic carbocycles. The normalized spacial score (nSPS) is 28.3. The first-order chi connectivity index (χ1) is 10.7. The Morgan fingerprint density at radius 1 is 1.09 bits per heavy atom. The number of hydrogen-bond donors (Lipinski definition) is 1. The molecule has 2 unspecified atom stereocenters. The number of carbonyl (C=O) groups excluding carboxylic acids is 1. The van der Waals surface area contributed by atoms with Gasteiger partial charge in [0.05, 0.1) is 5.71 Å². The van der Waals surface area contributed by atoms with E-state index in [-0.39, 0.29) is 11.8 Å². The van der Waals surface area contributed by atoms with Crippen LogP contribution < -0.4 is 5.43 Å². The van der Waals surface area contributed by atoms with Crippen LogP contribution in [0, 0.1) is 17.8 Å². The van der Waals surface area contributed by atoms with E-state index in [1.54, 1.807) is 0 Å². The highest BCUT2D eigenvalue weighted by Crippen LogP contribution is 2.53. The number of carbonyl (C=O) groups is 1. The van der Waals surface area contributed by atoms with Crippen molar-refractivity contribution in [3.63, 3.8) is 0 Å². The van der Waals surface area contributed by atoms with Crippen LogP contribution in [-0.4, -0.2) is 11.6 Å². The first-order valence-electron chi connectivity index (χ1n) is 8.27. The van der Waals surface area contributed by atoms with Crippen LogP contribution in [0.15, 0.2) is 33.8 Å². The molecule has 2 aliphatic rings. The van der Waals surface area contributed by atoms with Gasteiger partial charge in [0.1, 0.15) is 0 Å². The van der Waals surface area contributed by atoms with Crippen molar-refractivity contribution in [2.75, 3.05) is 0 Å². The van der Waals surface area contributed by atoms with E-state index in [4.69, 9.17) is 0 Å². The van der Waals surface area contributed by atoms with Crippen LogP contribution in [0.2, 0.25) is 0 Å². The number of benzene rings is 1. The Morgan fingerprint density at radius 3 is 2.27 bits per heavy atom. The predicted octanol–water partition coefficient (Wildman–Crippen LogP) is 4.51. The van der Waals surface area contributed by atoms with Crippen molar-refractivity contribution >= 4 is 27.5 Å². The fourth-order valence-corrected chi connectivity index (χ4v) is 3.97. The fourth-order valence-electron chi connectivity index (χ4n) is 3.70. The van der Waals surface area contributed by atoms with E-state index in [2.05, 4.69) is 26.5 Å². The quantitative estimate of drug-likeness (QED) is 0.623. The zero-order valence-electron chi connectivity index (χ0n) is 13.0. The number of hydrazone groups is 1. The summed E-state index contributed by atoms with van der Waals surface area (Å²) < 4.78 is 1.04. The lowest BCUT2D eigenvalue weighted by atomic mass is 10.0. The molecule has 3 rings (SSSR count). The highest BCUT2D eigenvalue weighted by molar-refractivity contribution is 9.10. The zero-order valence-corrected chi connectivity index (χ0v) is 14.6. The van der Waals surface area contributed by atoms with Crippen LogP contribution in [0.4, 0.5) is 0 Å². The second-order valence-electron chi connectivity index (χ2n) is 6.53. The Kier molecular flexibility index (Phi) is 4.97. The average Bonchev–Trinajstić information content (AvgIpc) is 3.16. The van der Waals surface area contributed by atoms with Crippen LogP contribution >= 0.6 is 15.9 Å². The molecule has 1 N–H and O–H groups in total. The van der Waals surface area contributed by atoms with Crippen LogP contribution in [0.25, 0.3) is 0 Å². The van der Waals surface area contributed by atoms with E-state index in [1.165, 1.54) is 38.5 Å². The minimum absolute atomic E-state index is 0.119. The third kappa shape index (κ3) is 3.60. The van der Waals surface area contributed by atoms with Crippen molar-refractivity contribution in [2.24, 2.45) is 22.9 Å². The van der Waals surface area contributed by atoms with Gasteiger partial charge in [-0.1, -0.05) is 53.7 Å². The maximum Gasteiger partial charge on any atom is 0.243 e. The van der Waals surface area contributed by atoms with E-state index in [9.17, 15) is 4.79 Å². The maximum absolute atomic E-state index is 12.4. The van der Waals surface area contributed by atoms with Crippen molar-refractivity contribution in [3.05, 3.63) is 34.3 Å². The molecule has 2 fully saturated rings. The first-order valence-corrected chi connectivity index (χ1v) is 9.06. The molecule has 2 saturated carbocycles. The summed E-state index contributed by atoms with van der Waals surface area (Å²) in [4.78, 5) is 12.4. The highest BCUT2D eigenvalue weighted by Gasteiger charge is 2.53. The molecule has 2 atom stereocenters. The highest BCUT2D eigenvalue weighted by atomic mass is 79.9. The summed E-state index contributed by atoms with van der Waals surface area (Å²) in [6.07, 6.45) is 7.67. The summed E-state index contributed by atoms with van der Waals surface area (Å²) in [5, 5.41) is 4.29.